The van der Waals surface area contributed by atoms with E-state index in [1.807, 2.05) is 20.8 Å². The zero-order valence-corrected chi connectivity index (χ0v) is 23.9. The van der Waals surface area contributed by atoms with E-state index in [1.165, 1.54) is 13.2 Å². The molecule has 1 atom stereocenters. The van der Waals surface area contributed by atoms with Crippen LogP contribution in [0, 0.1) is 16.2 Å². The van der Waals surface area contributed by atoms with Gasteiger partial charge in [-0.25, -0.2) is 0 Å². The van der Waals surface area contributed by atoms with Gasteiger partial charge in [0.2, 0.25) is 0 Å². The predicted molar refractivity (Wildman–Crippen MR) is 139 cm³/mol. The van der Waals surface area contributed by atoms with Gasteiger partial charge in [-0.3, -0.25) is 19.2 Å². The van der Waals surface area contributed by atoms with Crippen LogP contribution in [0.5, 0.6) is 11.5 Å². The summed E-state index contributed by atoms with van der Waals surface area (Å²) in [6.07, 6.45) is 0.835. The molecule has 0 heterocycles. The molecule has 0 aliphatic heterocycles. The van der Waals surface area contributed by atoms with Crippen molar-refractivity contribution in [2.75, 3.05) is 20.3 Å². The zero-order chi connectivity index (χ0) is 28.6. The largest absolute Gasteiger partial charge is 0.468 e. The van der Waals surface area contributed by atoms with Crippen LogP contribution in [0.25, 0.3) is 0 Å². The minimum absolute atomic E-state index is 0.0781. The number of ether oxygens (including phenoxy) is 4. The van der Waals surface area contributed by atoms with Gasteiger partial charge in [0.1, 0.15) is 12.6 Å². The van der Waals surface area contributed by atoms with Crippen LogP contribution >= 0.6 is 0 Å². The summed E-state index contributed by atoms with van der Waals surface area (Å²) in [6, 6.07) is 4.03. The summed E-state index contributed by atoms with van der Waals surface area (Å²) in [5.74, 6) is -1.61. The predicted octanol–water partition coefficient (Wildman–Crippen LogP) is 4.24. The molecular formula is C28H43NO8. The summed E-state index contributed by atoms with van der Waals surface area (Å²) in [4.78, 5) is 49.6. The van der Waals surface area contributed by atoms with E-state index in [4.69, 9.17) is 18.9 Å². The van der Waals surface area contributed by atoms with Gasteiger partial charge in [0, 0.05) is 6.54 Å². The lowest BCUT2D eigenvalue weighted by atomic mass is 9.91. The van der Waals surface area contributed by atoms with Gasteiger partial charge in [-0.05, 0) is 85.9 Å². The number of carbonyl (C=O) groups is 4. The van der Waals surface area contributed by atoms with E-state index in [2.05, 4.69) is 5.32 Å². The second-order valence-corrected chi connectivity index (χ2v) is 11.7. The van der Waals surface area contributed by atoms with Gasteiger partial charge in [-0.15, -0.1) is 0 Å². The first-order valence-corrected chi connectivity index (χ1v) is 12.5. The molecule has 1 aromatic carbocycles. The molecule has 9 heteroatoms. The molecule has 9 nitrogen and oxygen atoms in total. The molecule has 0 fully saturated rings. The van der Waals surface area contributed by atoms with Crippen LogP contribution in [0.4, 0.5) is 0 Å². The van der Waals surface area contributed by atoms with Crippen molar-refractivity contribution in [1.82, 2.24) is 5.32 Å². The SMILES string of the molecule is CCC(C)(C)C(=O)OCCN[C@@H](Cc1ccc(OC(=O)C(C)(C)C)c(OC(=O)C(C)(C)C)c1)C(=O)OC. The molecule has 1 aromatic rings. The molecule has 1 rings (SSSR count). The summed E-state index contributed by atoms with van der Waals surface area (Å²) in [5.41, 5.74) is -1.50. The molecule has 0 bridgehead atoms. The van der Waals surface area contributed by atoms with Crippen molar-refractivity contribution in [3.8, 4) is 11.5 Å². The van der Waals surface area contributed by atoms with Gasteiger partial charge in [-0.2, -0.15) is 0 Å². The Bertz CT molecular complexity index is 969. The lowest BCUT2D eigenvalue weighted by molar-refractivity contribution is -0.154. The Morgan fingerprint density at radius 1 is 0.838 bits per heavy atom. The quantitative estimate of drug-likeness (QED) is 0.259. The maximum absolute atomic E-state index is 12.6. The third-order valence-electron chi connectivity index (χ3n) is 5.73. The summed E-state index contributed by atoms with van der Waals surface area (Å²) < 4.78 is 21.4. The maximum Gasteiger partial charge on any atom is 0.323 e. The Hall–Kier alpha value is -2.94. The molecule has 0 unspecified atom stereocenters. The van der Waals surface area contributed by atoms with Crippen molar-refractivity contribution < 1.29 is 38.1 Å². The molecule has 208 valence electrons. The van der Waals surface area contributed by atoms with Gasteiger partial charge in [-0.1, -0.05) is 13.0 Å². The highest BCUT2D eigenvalue weighted by Gasteiger charge is 2.29. The Morgan fingerprint density at radius 3 is 1.86 bits per heavy atom. The van der Waals surface area contributed by atoms with Gasteiger partial charge in [0.15, 0.2) is 11.5 Å². The van der Waals surface area contributed by atoms with Gasteiger partial charge < -0.3 is 24.3 Å². The monoisotopic (exact) mass is 521 g/mol. The number of carbonyl (C=O) groups excluding carboxylic acids is 4. The minimum Gasteiger partial charge on any atom is -0.468 e. The summed E-state index contributed by atoms with van der Waals surface area (Å²) >= 11 is 0. The standard InChI is InChI=1S/C28H43NO8/c1-11-28(8,9)25(33)35-15-14-29-19(22(30)34-10)16-18-12-13-20(36-23(31)26(2,3)4)21(17-18)37-24(32)27(5,6)7/h12-13,17,19,29H,11,14-16H2,1-10H3/t19-/m0/s1. The Kier molecular flexibility index (Phi) is 11.3. The average Bonchev–Trinajstić information content (AvgIpc) is 2.80. The van der Waals surface area contributed by atoms with E-state index in [-0.39, 0.29) is 37.0 Å². The highest BCUT2D eigenvalue weighted by molar-refractivity contribution is 5.81. The maximum atomic E-state index is 12.6. The molecule has 0 aromatic heterocycles. The minimum atomic E-state index is -0.790. The van der Waals surface area contributed by atoms with E-state index in [9.17, 15) is 19.2 Å². The van der Waals surface area contributed by atoms with Crippen LogP contribution in [0.15, 0.2) is 18.2 Å². The van der Waals surface area contributed by atoms with Crippen LogP contribution in [-0.2, 0) is 35.1 Å². The van der Waals surface area contributed by atoms with Gasteiger partial charge in [0.05, 0.1) is 23.4 Å². The zero-order valence-electron chi connectivity index (χ0n) is 23.9. The second kappa shape index (κ2) is 13.0. The average molecular weight is 522 g/mol. The van der Waals surface area contributed by atoms with Crippen molar-refractivity contribution in [3.63, 3.8) is 0 Å². The van der Waals surface area contributed by atoms with E-state index in [0.29, 0.717) is 12.0 Å². The van der Waals surface area contributed by atoms with Crippen molar-refractivity contribution in [2.24, 2.45) is 16.2 Å². The van der Waals surface area contributed by atoms with E-state index < -0.39 is 40.2 Å². The summed E-state index contributed by atoms with van der Waals surface area (Å²) in [5, 5.41) is 3.05. The molecule has 0 aliphatic rings. The first-order valence-electron chi connectivity index (χ1n) is 12.5. The van der Waals surface area contributed by atoms with Crippen molar-refractivity contribution >= 4 is 23.9 Å². The molecular weight excluding hydrogens is 478 g/mol. The molecule has 0 saturated carbocycles. The third-order valence-corrected chi connectivity index (χ3v) is 5.73. The molecule has 1 N–H and O–H groups in total. The number of esters is 4. The Morgan fingerprint density at radius 2 is 1.38 bits per heavy atom. The number of nitrogens with one attached hydrogen (secondary N) is 1. The van der Waals surface area contributed by atoms with Crippen molar-refractivity contribution in [3.05, 3.63) is 23.8 Å². The van der Waals surface area contributed by atoms with Crippen molar-refractivity contribution in [1.29, 1.82) is 0 Å². The summed E-state index contributed by atoms with van der Waals surface area (Å²) in [6.45, 7) is 16.2. The van der Waals surface area contributed by atoms with Gasteiger partial charge in [0.25, 0.3) is 0 Å². The lowest BCUT2D eigenvalue weighted by Crippen LogP contribution is -2.41. The fraction of sp³-hybridized carbons (Fsp3) is 0.643. The molecule has 37 heavy (non-hydrogen) atoms. The summed E-state index contributed by atoms with van der Waals surface area (Å²) in [7, 11) is 1.28. The second-order valence-electron chi connectivity index (χ2n) is 11.7. The fourth-order valence-corrected chi connectivity index (χ4v) is 2.68. The number of rotatable bonds is 11. The third kappa shape index (κ3) is 10.1. The van der Waals surface area contributed by atoms with E-state index in [1.54, 1.807) is 53.7 Å². The first kappa shape index (κ1) is 32.1. The molecule has 0 spiro atoms. The number of hydrogen-bond acceptors (Lipinski definition) is 9. The first-order chi connectivity index (χ1) is 16.9. The molecule has 0 aliphatic carbocycles. The van der Waals surface area contributed by atoms with Crippen LogP contribution in [0.2, 0.25) is 0 Å². The topological polar surface area (TPSA) is 117 Å². The highest BCUT2D eigenvalue weighted by Crippen LogP contribution is 2.33. The van der Waals surface area contributed by atoms with Crippen LogP contribution in [-0.4, -0.2) is 50.2 Å². The van der Waals surface area contributed by atoms with Crippen LogP contribution in [0.1, 0.15) is 74.3 Å². The Labute approximate surface area is 220 Å². The van der Waals surface area contributed by atoms with E-state index >= 15 is 0 Å². The fourth-order valence-electron chi connectivity index (χ4n) is 2.68. The molecule has 0 radical (unpaired) electrons. The molecule has 0 saturated heterocycles. The highest BCUT2D eigenvalue weighted by atomic mass is 16.6. The molecule has 0 amide bonds. The van der Waals surface area contributed by atoms with Crippen molar-refractivity contribution in [2.45, 2.75) is 81.2 Å². The van der Waals surface area contributed by atoms with Gasteiger partial charge >= 0.3 is 23.9 Å². The Balaban J connectivity index is 3.09. The van der Waals surface area contributed by atoms with Crippen LogP contribution in [0.3, 0.4) is 0 Å². The number of methoxy groups -OCH3 is 1. The number of benzene rings is 1. The van der Waals surface area contributed by atoms with Crippen LogP contribution < -0.4 is 14.8 Å². The lowest BCUT2D eigenvalue weighted by Gasteiger charge is -2.22. The van der Waals surface area contributed by atoms with E-state index in [0.717, 1.165) is 0 Å². The normalized spacial score (nSPS) is 12.9. The smallest absolute Gasteiger partial charge is 0.323 e. The number of hydrogen-bond donors (Lipinski definition) is 1.